The largest absolute Gasteiger partial charge is 0.493 e. The number of benzene rings is 1. The summed E-state index contributed by atoms with van der Waals surface area (Å²) in [4.78, 5) is 17.3. The average molecular weight is 450 g/mol. The summed E-state index contributed by atoms with van der Waals surface area (Å²) >= 11 is 5.92. The van der Waals surface area contributed by atoms with Gasteiger partial charge < -0.3 is 9.47 Å². The SMILES string of the molecule is COc1cc(C=C2SC(=N)C(c3nccs3)C2=O)cc(Br)c1OCC#N. The molecule has 132 valence electrons. The van der Waals surface area contributed by atoms with Crippen LogP contribution in [0.2, 0.25) is 0 Å². The van der Waals surface area contributed by atoms with Gasteiger partial charge in [0.1, 0.15) is 17.0 Å². The van der Waals surface area contributed by atoms with Gasteiger partial charge in [-0.2, -0.15) is 5.26 Å². The third kappa shape index (κ3) is 3.67. The highest BCUT2D eigenvalue weighted by molar-refractivity contribution is 9.10. The van der Waals surface area contributed by atoms with E-state index in [1.54, 1.807) is 29.8 Å². The summed E-state index contributed by atoms with van der Waals surface area (Å²) in [7, 11) is 1.50. The molecule has 1 unspecified atom stereocenters. The summed E-state index contributed by atoms with van der Waals surface area (Å²) in [6, 6.07) is 5.40. The quantitative estimate of drug-likeness (QED) is 0.685. The standard InChI is InChI=1S/C17H12BrN3O3S2/c1-23-11-7-9(6-10(18)15(11)24-4-2-19)8-12-14(22)13(16(20)26-12)17-21-3-5-25-17/h3,5-8,13,20H,4H2,1H3. The van der Waals surface area contributed by atoms with Gasteiger partial charge in [-0.05, 0) is 39.7 Å². The summed E-state index contributed by atoms with van der Waals surface area (Å²) in [6.45, 7) is -0.101. The van der Waals surface area contributed by atoms with Gasteiger partial charge in [-0.1, -0.05) is 11.8 Å². The zero-order valence-electron chi connectivity index (χ0n) is 13.5. The zero-order valence-corrected chi connectivity index (χ0v) is 16.7. The maximum atomic E-state index is 12.7. The number of thiazole rings is 1. The van der Waals surface area contributed by atoms with Crippen LogP contribution in [0, 0.1) is 16.7 Å². The molecule has 1 aromatic carbocycles. The van der Waals surface area contributed by atoms with E-state index in [1.165, 1.54) is 18.4 Å². The lowest BCUT2D eigenvalue weighted by Gasteiger charge is -2.11. The molecule has 1 aliphatic heterocycles. The molecular weight excluding hydrogens is 438 g/mol. The van der Waals surface area contributed by atoms with Crippen molar-refractivity contribution < 1.29 is 14.3 Å². The number of carbonyl (C=O) groups excluding carboxylic acids is 1. The predicted octanol–water partition coefficient (Wildman–Crippen LogP) is 4.23. The number of thioether (sulfide) groups is 1. The first-order valence-electron chi connectivity index (χ1n) is 7.34. The van der Waals surface area contributed by atoms with E-state index in [0.29, 0.717) is 25.9 Å². The van der Waals surface area contributed by atoms with Gasteiger partial charge in [-0.25, -0.2) is 4.98 Å². The molecule has 6 nitrogen and oxygen atoms in total. The fourth-order valence-electron chi connectivity index (χ4n) is 2.41. The molecule has 1 N–H and O–H groups in total. The summed E-state index contributed by atoms with van der Waals surface area (Å²) in [6.07, 6.45) is 3.35. The van der Waals surface area contributed by atoms with Crippen LogP contribution in [-0.2, 0) is 4.79 Å². The molecule has 0 saturated carbocycles. The number of carbonyl (C=O) groups is 1. The molecule has 0 bridgehead atoms. The highest BCUT2D eigenvalue weighted by Gasteiger charge is 2.38. The Morgan fingerprint density at radius 2 is 2.31 bits per heavy atom. The van der Waals surface area contributed by atoms with Crippen LogP contribution < -0.4 is 9.47 Å². The summed E-state index contributed by atoms with van der Waals surface area (Å²) < 4.78 is 11.3. The lowest BCUT2D eigenvalue weighted by molar-refractivity contribution is -0.114. The molecule has 0 aliphatic carbocycles. The highest BCUT2D eigenvalue weighted by Crippen LogP contribution is 2.42. The van der Waals surface area contributed by atoms with Gasteiger partial charge in [-0.3, -0.25) is 10.2 Å². The molecule has 0 spiro atoms. The Bertz CT molecular complexity index is 935. The minimum Gasteiger partial charge on any atom is -0.493 e. The van der Waals surface area contributed by atoms with Crippen LogP contribution in [0.1, 0.15) is 16.5 Å². The van der Waals surface area contributed by atoms with E-state index in [-0.39, 0.29) is 17.4 Å². The molecule has 3 rings (SSSR count). The molecule has 1 fully saturated rings. The van der Waals surface area contributed by atoms with Crippen LogP contribution in [0.5, 0.6) is 11.5 Å². The van der Waals surface area contributed by atoms with E-state index in [0.717, 1.165) is 17.3 Å². The van der Waals surface area contributed by atoms with Gasteiger partial charge in [0.05, 0.1) is 21.5 Å². The van der Waals surface area contributed by atoms with E-state index in [4.69, 9.17) is 20.1 Å². The maximum absolute atomic E-state index is 12.7. The van der Waals surface area contributed by atoms with Crippen molar-refractivity contribution in [2.75, 3.05) is 13.7 Å². The molecule has 2 heterocycles. The van der Waals surface area contributed by atoms with Gasteiger partial charge in [-0.15, -0.1) is 11.3 Å². The predicted molar refractivity (Wildman–Crippen MR) is 105 cm³/mol. The number of ketones is 1. The number of aromatic nitrogens is 1. The molecule has 26 heavy (non-hydrogen) atoms. The zero-order chi connectivity index (χ0) is 18.7. The molecule has 1 aliphatic rings. The summed E-state index contributed by atoms with van der Waals surface area (Å²) in [5.74, 6) is 0.128. The van der Waals surface area contributed by atoms with Crippen LogP contribution in [0.15, 0.2) is 33.1 Å². The highest BCUT2D eigenvalue weighted by atomic mass is 79.9. The van der Waals surface area contributed by atoms with Crippen LogP contribution in [0.3, 0.4) is 0 Å². The number of methoxy groups -OCH3 is 1. The molecule has 0 radical (unpaired) electrons. The molecule has 2 aromatic rings. The van der Waals surface area contributed by atoms with Crippen molar-refractivity contribution in [3.8, 4) is 17.6 Å². The first kappa shape index (κ1) is 18.6. The molecular formula is C17H12BrN3O3S2. The molecule has 9 heteroatoms. The number of nitrogens with one attached hydrogen (secondary N) is 1. The van der Waals surface area contributed by atoms with Crippen molar-refractivity contribution in [1.29, 1.82) is 10.7 Å². The third-order valence-electron chi connectivity index (χ3n) is 3.52. The Kier molecular flexibility index (Phi) is 5.76. The number of ether oxygens (including phenoxy) is 2. The van der Waals surface area contributed by atoms with Crippen LogP contribution in [-0.4, -0.2) is 29.5 Å². The Morgan fingerprint density at radius 3 is 2.96 bits per heavy atom. The van der Waals surface area contributed by atoms with Gasteiger partial charge in [0.15, 0.2) is 23.9 Å². The number of hydrogen-bond donors (Lipinski definition) is 1. The number of nitrogens with zero attached hydrogens (tertiary/aromatic N) is 2. The number of hydrogen-bond acceptors (Lipinski definition) is 8. The summed E-state index contributed by atoms with van der Waals surface area (Å²) in [5.41, 5.74) is 0.724. The monoisotopic (exact) mass is 449 g/mol. The van der Waals surface area contributed by atoms with E-state index >= 15 is 0 Å². The first-order valence-corrected chi connectivity index (χ1v) is 9.83. The van der Waals surface area contributed by atoms with Gasteiger partial charge in [0.25, 0.3) is 0 Å². The Morgan fingerprint density at radius 1 is 1.50 bits per heavy atom. The fourth-order valence-corrected chi connectivity index (χ4v) is 4.79. The number of rotatable bonds is 5. The van der Waals surface area contributed by atoms with Crippen molar-refractivity contribution in [2.45, 2.75) is 5.92 Å². The Balaban J connectivity index is 1.93. The Hall–Kier alpha value is -2.15. The normalized spacial score (nSPS) is 18.2. The van der Waals surface area contributed by atoms with Gasteiger partial charge in [0.2, 0.25) is 0 Å². The lowest BCUT2D eigenvalue weighted by Crippen LogP contribution is -2.11. The second-order valence-corrected chi connectivity index (χ2v) is 7.99. The number of allylic oxidation sites excluding steroid dienone is 1. The van der Waals surface area contributed by atoms with Gasteiger partial charge in [0, 0.05) is 11.6 Å². The third-order valence-corrected chi connectivity index (χ3v) is 5.94. The topological polar surface area (TPSA) is 96.1 Å². The van der Waals surface area contributed by atoms with E-state index in [9.17, 15) is 4.79 Å². The minimum atomic E-state index is -0.616. The lowest BCUT2D eigenvalue weighted by atomic mass is 10.0. The molecule has 1 aromatic heterocycles. The van der Waals surface area contributed by atoms with Crippen molar-refractivity contribution in [3.05, 3.63) is 43.7 Å². The van der Waals surface area contributed by atoms with Gasteiger partial charge >= 0.3 is 0 Å². The number of Topliss-reactive ketones (excluding diaryl/α,β-unsaturated/α-hetero) is 1. The van der Waals surface area contributed by atoms with E-state index in [2.05, 4.69) is 20.9 Å². The maximum Gasteiger partial charge on any atom is 0.186 e. The molecule has 1 saturated heterocycles. The smallest absolute Gasteiger partial charge is 0.186 e. The minimum absolute atomic E-state index is 0.101. The number of halogens is 1. The van der Waals surface area contributed by atoms with E-state index in [1.807, 2.05) is 6.07 Å². The first-order chi connectivity index (χ1) is 12.5. The number of nitriles is 1. The Labute approximate surface area is 166 Å². The van der Waals surface area contributed by atoms with E-state index < -0.39 is 5.92 Å². The van der Waals surface area contributed by atoms with Crippen molar-refractivity contribution >= 4 is 55.9 Å². The average Bonchev–Trinajstić information content (AvgIpc) is 3.22. The van der Waals surface area contributed by atoms with Crippen molar-refractivity contribution in [1.82, 2.24) is 4.98 Å². The second-order valence-electron chi connectivity index (χ2n) is 5.12. The molecule has 1 atom stereocenters. The van der Waals surface area contributed by atoms with Crippen LogP contribution in [0.25, 0.3) is 6.08 Å². The molecule has 0 amide bonds. The van der Waals surface area contributed by atoms with Crippen LogP contribution >= 0.6 is 39.0 Å². The van der Waals surface area contributed by atoms with Crippen LogP contribution in [0.4, 0.5) is 0 Å². The fraction of sp³-hybridized carbons (Fsp3) is 0.176. The second kappa shape index (κ2) is 8.03. The summed E-state index contributed by atoms with van der Waals surface area (Å²) in [5, 5.41) is 19.5. The van der Waals surface area contributed by atoms with Crippen molar-refractivity contribution in [3.63, 3.8) is 0 Å². The van der Waals surface area contributed by atoms with Crippen molar-refractivity contribution in [2.24, 2.45) is 0 Å².